The Morgan fingerprint density at radius 2 is 2.19 bits per heavy atom. The normalized spacial score (nSPS) is 11.2. The molecule has 3 aromatic rings. The Hall–Kier alpha value is -3.69. The van der Waals surface area contributed by atoms with Gasteiger partial charge in [-0.1, -0.05) is 5.16 Å². The lowest BCUT2D eigenvalue weighted by Gasteiger charge is -2.10. The van der Waals surface area contributed by atoms with Crippen LogP contribution in [-0.2, 0) is 4.84 Å². The van der Waals surface area contributed by atoms with Crippen molar-refractivity contribution in [3.8, 4) is 11.6 Å². The zero-order valence-corrected chi connectivity index (χ0v) is 13.8. The SMILES string of the molecule is CON=Cc1c(N)ncnc1Oc1ccc2c(cc(C)n2C(=O)O)c1F. The van der Waals surface area contributed by atoms with Crippen LogP contribution < -0.4 is 10.5 Å². The van der Waals surface area contributed by atoms with Gasteiger partial charge < -0.3 is 20.4 Å². The van der Waals surface area contributed by atoms with Gasteiger partial charge in [0.05, 0.1) is 11.7 Å². The predicted octanol–water partition coefficient (Wildman–Crippen LogP) is 2.76. The van der Waals surface area contributed by atoms with Crippen molar-refractivity contribution in [2.24, 2.45) is 5.16 Å². The molecule has 0 saturated carbocycles. The minimum atomic E-state index is -1.20. The van der Waals surface area contributed by atoms with Gasteiger partial charge in [-0.2, -0.15) is 0 Å². The van der Waals surface area contributed by atoms with Crippen LogP contribution in [0.5, 0.6) is 11.6 Å². The van der Waals surface area contributed by atoms with E-state index in [0.29, 0.717) is 5.69 Å². The molecule has 10 heteroatoms. The molecule has 0 aliphatic heterocycles. The monoisotopic (exact) mass is 359 g/mol. The fraction of sp³-hybridized carbons (Fsp3) is 0.125. The minimum absolute atomic E-state index is 0.0223. The Bertz CT molecular complexity index is 1030. The van der Waals surface area contributed by atoms with Crippen LogP contribution in [0.1, 0.15) is 11.3 Å². The molecule has 26 heavy (non-hydrogen) atoms. The van der Waals surface area contributed by atoms with E-state index in [-0.39, 0.29) is 33.9 Å². The fourth-order valence-corrected chi connectivity index (χ4v) is 2.50. The Kier molecular flexibility index (Phi) is 4.40. The second-order valence-corrected chi connectivity index (χ2v) is 5.21. The maximum absolute atomic E-state index is 14.8. The van der Waals surface area contributed by atoms with Gasteiger partial charge in [-0.05, 0) is 25.1 Å². The highest BCUT2D eigenvalue weighted by molar-refractivity contribution is 5.92. The second-order valence-electron chi connectivity index (χ2n) is 5.21. The van der Waals surface area contributed by atoms with Crippen molar-refractivity contribution in [2.45, 2.75) is 6.92 Å². The molecule has 134 valence electrons. The van der Waals surface area contributed by atoms with Gasteiger partial charge >= 0.3 is 6.09 Å². The van der Waals surface area contributed by atoms with Gasteiger partial charge in [0.15, 0.2) is 11.6 Å². The van der Waals surface area contributed by atoms with E-state index in [1.54, 1.807) is 6.92 Å². The van der Waals surface area contributed by atoms with Crippen LogP contribution in [0.15, 0.2) is 29.7 Å². The molecule has 0 aliphatic rings. The van der Waals surface area contributed by atoms with Crippen LogP contribution in [0.3, 0.4) is 0 Å². The smallest absolute Gasteiger partial charge is 0.416 e. The van der Waals surface area contributed by atoms with E-state index in [0.717, 1.165) is 10.9 Å². The molecule has 0 bridgehead atoms. The number of aryl methyl sites for hydroxylation is 1. The van der Waals surface area contributed by atoms with Crippen molar-refractivity contribution in [1.29, 1.82) is 0 Å². The van der Waals surface area contributed by atoms with Crippen molar-refractivity contribution < 1.29 is 23.9 Å². The first-order valence-corrected chi connectivity index (χ1v) is 7.32. The van der Waals surface area contributed by atoms with Gasteiger partial charge in [0.2, 0.25) is 5.88 Å². The van der Waals surface area contributed by atoms with E-state index in [9.17, 15) is 14.3 Å². The average molecular weight is 359 g/mol. The summed E-state index contributed by atoms with van der Waals surface area (Å²) in [5.74, 6) is -0.821. The molecule has 3 rings (SSSR count). The molecule has 0 unspecified atom stereocenters. The number of halogens is 1. The lowest BCUT2D eigenvalue weighted by Crippen LogP contribution is -2.09. The summed E-state index contributed by atoms with van der Waals surface area (Å²) in [5, 5.41) is 12.9. The largest absolute Gasteiger partial charge is 0.464 e. The van der Waals surface area contributed by atoms with Crippen LogP contribution in [0.25, 0.3) is 10.9 Å². The highest BCUT2D eigenvalue weighted by Crippen LogP contribution is 2.32. The summed E-state index contributed by atoms with van der Waals surface area (Å²) in [4.78, 5) is 23.7. The van der Waals surface area contributed by atoms with Gasteiger partial charge in [0.1, 0.15) is 24.8 Å². The number of ether oxygens (including phenoxy) is 1. The molecule has 2 aromatic heterocycles. The van der Waals surface area contributed by atoms with Crippen molar-refractivity contribution in [1.82, 2.24) is 14.5 Å². The van der Waals surface area contributed by atoms with Gasteiger partial charge in [-0.3, -0.25) is 0 Å². The van der Waals surface area contributed by atoms with Crippen molar-refractivity contribution >= 4 is 29.0 Å². The first-order valence-electron chi connectivity index (χ1n) is 7.32. The van der Waals surface area contributed by atoms with Crippen LogP contribution >= 0.6 is 0 Å². The van der Waals surface area contributed by atoms with E-state index in [1.807, 2.05) is 0 Å². The lowest BCUT2D eigenvalue weighted by atomic mass is 10.2. The quantitative estimate of drug-likeness (QED) is 0.542. The van der Waals surface area contributed by atoms with Crippen LogP contribution in [-0.4, -0.2) is 39.1 Å². The number of carboxylic acid groups (broad SMARTS) is 1. The third-order valence-corrected chi connectivity index (χ3v) is 3.63. The Morgan fingerprint density at radius 1 is 1.42 bits per heavy atom. The number of nitrogen functional groups attached to an aromatic ring is 1. The maximum Gasteiger partial charge on any atom is 0.416 e. The van der Waals surface area contributed by atoms with E-state index in [4.69, 9.17) is 10.5 Å². The number of benzene rings is 1. The Labute approximate surface area is 146 Å². The van der Waals surface area contributed by atoms with Crippen molar-refractivity contribution in [3.05, 3.63) is 41.6 Å². The summed E-state index contributed by atoms with van der Waals surface area (Å²) in [6.07, 6.45) is 1.20. The van der Waals surface area contributed by atoms with Crippen molar-refractivity contribution in [3.63, 3.8) is 0 Å². The number of aromatic nitrogens is 3. The highest BCUT2D eigenvalue weighted by Gasteiger charge is 2.19. The molecule has 1 aromatic carbocycles. The standard InChI is InChI=1S/C16H14FN5O4/c1-8-5-9-11(22(8)16(23)24)3-4-12(13(9)17)26-15-10(6-21-25-2)14(18)19-7-20-15/h3-7H,1-2H3,(H,23,24)(H2,18,19,20). The molecule has 3 N–H and O–H groups in total. The molecule has 0 aliphatic carbocycles. The van der Waals surface area contributed by atoms with Gasteiger partial charge in [-0.15, -0.1) is 0 Å². The first kappa shape index (κ1) is 17.1. The molecular formula is C16H14FN5O4. The van der Waals surface area contributed by atoms with Crippen LogP contribution in [0.2, 0.25) is 0 Å². The highest BCUT2D eigenvalue weighted by atomic mass is 19.1. The van der Waals surface area contributed by atoms with Gasteiger partial charge in [-0.25, -0.2) is 23.7 Å². The van der Waals surface area contributed by atoms with E-state index >= 15 is 0 Å². The molecule has 0 spiro atoms. The summed E-state index contributed by atoms with van der Waals surface area (Å²) in [5.41, 5.74) is 6.57. The predicted molar refractivity (Wildman–Crippen MR) is 91.2 cm³/mol. The number of oxime groups is 1. The third kappa shape index (κ3) is 2.88. The van der Waals surface area contributed by atoms with E-state index < -0.39 is 11.9 Å². The van der Waals surface area contributed by atoms with E-state index in [1.165, 1.54) is 31.5 Å². The van der Waals surface area contributed by atoms with Gasteiger partial charge in [0, 0.05) is 11.1 Å². The molecule has 0 atom stereocenters. The van der Waals surface area contributed by atoms with Crippen molar-refractivity contribution in [2.75, 3.05) is 12.8 Å². The summed E-state index contributed by atoms with van der Waals surface area (Å²) < 4.78 is 21.3. The number of nitrogens with zero attached hydrogens (tertiary/aromatic N) is 4. The zero-order chi connectivity index (χ0) is 18.8. The summed E-state index contributed by atoms with van der Waals surface area (Å²) in [6, 6.07) is 4.18. The number of nitrogens with two attached hydrogens (primary N) is 1. The molecule has 0 radical (unpaired) electrons. The zero-order valence-electron chi connectivity index (χ0n) is 13.8. The molecule has 9 nitrogen and oxygen atoms in total. The van der Waals surface area contributed by atoms with Crippen LogP contribution in [0, 0.1) is 12.7 Å². The number of hydrogen-bond acceptors (Lipinski definition) is 7. The summed E-state index contributed by atoms with van der Waals surface area (Å²) in [6.45, 7) is 1.57. The number of hydrogen-bond donors (Lipinski definition) is 2. The molecular weight excluding hydrogens is 345 g/mol. The Morgan fingerprint density at radius 3 is 2.88 bits per heavy atom. The Balaban J connectivity index is 2.09. The maximum atomic E-state index is 14.8. The fourth-order valence-electron chi connectivity index (χ4n) is 2.50. The molecule has 0 saturated heterocycles. The number of rotatable bonds is 4. The van der Waals surface area contributed by atoms with Gasteiger partial charge in [0.25, 0.3) is 0 Å². The van der Waals surface area contributed by atoms with Crippen LogP contribution in [0.4, 0.5) is 15.0 Å². The number of anilines is 1. The summed E-state index contributed by atoms with van der Waals surface area (Å²) >= 11 is 0. The number of carbonyl (C=O) groups is 1. The third-order valence-electron chi connectivity index (χ3n) is 3.63. The van der Waals surface area contributed by atoms with E-state index in [2.05, 4.69) is 20.0 Å². The molecule has 0 amide bonds. The second kappa shape index (κ2) is 6.67. The number of fused-ring (bicyclic) bond motifs is 1. The minimum Gasteiger partial charge on any atom is -0.464 e. The summed E-state index contributed by atoms with van der Waals surface area (Å²) in [7, 11) is 1.35. The molecule has 0 fully saturated rings. The lowest BCUT2D eigenvalue weighted by molar-refractivity contribution is 0.197. The first-order chi connectivity index (χ1) is 12.4. The topological polar surface area (TPSA) is 125 Å². The average Bonchev–Trinajstić information content (AvgIpc) is 2.94. The molecule has 2 heterocycles.